The lowest BCUT2D eigenvalue weighted by molar-refractivity contribution is 0.0504. The average molecular weight is 277 g/mol. The van der Waals surface area contributed by atoms with Crippen molar-refractivity contribution >= 4 is 11.8 Å². The minimum absolute atomic E-state index is 0.0356. The predicted octanol–water partition coefficient (Wildman–Crippen LogP) is 1.85. The van der Waals surface area contributed by atoms with Gasteiger partial charge in [0.05, 0.1) is 6.04 Å². The lowest BCUT2D eigenvalue weighted by Gasteiger charge is -2.24. The fourth-order valence-electron chi connectivity index (χ4n) is 2.38. The van der Waals surface area contributed by atoms with Crippen LogP contribution < -0.4 is 16.4 Å². The summed E-state index contributed by atoms with van der Waals surface area (Å²) < 4.78 is 5.31. The van der Waals surface area contributed by atoms with Crippen molar-refractivity contribution in [3.63, 3.8) is 0 Å². The smallest absolute Gasteiger partial charge is 0.407 e. The van der Waals surface area contributed by atoms with Crippen LogP contribution in [0.5, 0.6) is 0 Å². The van der Waals surface area contributed by atoms with Gasteiger partial charge in [-0.05, 0) is 38.5 Å². The lowest BCUT2D eigenvalue weighted by atomic mass is 9.94. The van der Waals surface area contributed by atoms with E-state index in [9.17, 15) is 4.79 Å². The summed E-state index contributed by atoms with van der Waals surface area (Å²) in [6, 6.07) is 7.83. The molecule has 0 aliphatic carbocycles. The van der Waals surface area contributed by atoms with Crippen LogP contribution in [-0.2, 0) is 4.74 Å². The molecular weight excluding hydrogens is 254 g/mol. The van der Waals surface area contributed by atoms with Crippen molar-refractivity contribution in [2.24, 2.45) is 0 Å². The van der Waals surface area contributed by atoms with Gasteiger partial charge in [-0.15, -0.1) is 0 Å². The molecule has 5 nitrogen and oxygen atoms in total. The van der Waals surface area contributed by atoms with Crippen molar-refractivity contribution in [2.45, 2.75) is 38.3 Å². The second kappa shape index (κ2) is 5.71. The molecule has 20 heavy (non-hydrogen) atoms. The van der Waals surface area contributed by atoms with E-state index in [2.05, 4.69) is 10.6 Å². The Balaban J connectivity index is 2.00. The van der Waals surface area contributed by atoms with E-state index < -0.39 is 5.60 Å². The van der Waals surface area contributed by atoms with E-state index in [4.69, 9.17) is 10.5 Å². The van der Waals surface area contributed by atoms with Crippen molar-refractivity contribution in [3.05, 3.63) is 29.8 Å². The number of rotatable bonds is 2. The molecule has 0 radical (unpaired) electrons. The highest BCUT2D eigenvalue weighted by Crippen LogP contribution is 2.24. The largest absolute Gasteiger partial charge is 0.444 e. The number of carbonyl (C=O) groups excluding carboxylic acids is 1. The minimum Gasteiger partial charge on any atom is -0.444 e. The number of nitrogens with one attached hydrogen (secondary N) is 2. The number of nitrogen functional groups attached to an aromatic ring is 1. The van der Waals surface area contributed by atoms with Gasteiger partial charge in [0.25, 0.3) is 0 Å². The van der Waals surface area contributed by atoms with Gasteiger partial charge in [-0.25, -0.2) is 4.79 Å². The van der Waals surface area contributed by atoms with Gasteiger partial charge in [-0.1, -0.05) is 12.1 Å². The Kier molecular flexibility index (Phi) is 4.18. The Bertz CT molecular complexity index is 465. The standard InChI is InChI=1S/C15H23N3O2/c1-15(2,3)20-14(19)18-13-9-17-8-12(13)10-4-6-11(16)7-5-10/h4-7,12-13,17H,8-9,16H2,1-3H3,(H,18,19)/t12-,13+/m0/s1. The van der Waals surface area contributed by atoms with Gasteiger partial charge in [0.2, 0.25) is 0 Å². The molecule has 1 saturated heterocycles. The maximum absolute atomic E-state index is 11.9. The molecule has 0 spiro atoms. The third-order valence-corrected chi connectivity index (χ3v) is 3.28. The molecule has 0 aromatic heterocycles. The van der Waals surface area contributed by atoms with Crippen LogP contribution in [0.2, 0.25) is 0 Å². The number of benzene rings is 1. The van der Waals surface area contributed by atoms with Crippen molar-refractivity contribution in [1.82, 2.24) is 10.6 Å². The highest BCUT2D eigenvalue weighted by molar-refractivity contribution is 5.68. The number of nitrogens with two attached hydrogens (primary N) is 1. The summed E-state index contributed by atoms with van der Waals surface area (Å²) in [5.74, 6) is 0.239. The van der Waals surface area contributed by atoms with Gasteiger partial charge < -0.3 is 21.1 Å². The first-order chi connectivity index (χ1) is 9.35. The Morgan fingerprint density at radius 2 is 1.95 bits per heavy atom. The number of hydrogen-bond donors (Lipinski definition) is 3. The van der Waals surface area contributed by atoms with Gasteiger partial charge in [0, 0.05) is 24.7 Å². The Hall–Kier alpha value is -1.75. The SMILES string of the molecule is CC(C)(C)OC(=O)N[C@@H]1CNC[C@H]1c1ccc(N)cc1. The van der Waals surface area contributed by atoms with Gasteiger partial charge in [-0.2, -0.15) is 0 Å². The second-order valence-corrected chi connectivity index (χ2v) is 6.18. The molecule has 1 aliphatic heterocycles. The maximum Gasteiger partial charge on any atom is 0.407 e. The van der Waals surface area contributed by atoms with Crippen LogP contribution in [0.1, 0.15) is 32.3 Å². The quantitative estimate of drug-likeness (QED) is 0.721. The molecule has 1 aromatic carbocycles. The van der Waals surface area contributed by atoms with Gasteiger partial charge >= 0.3 is 6.09 Å². The topological polar surface area (TPSA) is 76.4 Å². The summed E-state index contributed by atoms with van der Waals surface area (Å²) >= 11 is 0. The zero-order valence-electron chi connectivity index (χ0n) is 12.3. The van der Waals surface area contributed by atoms with Crippen molar-refractivity contribution in [1.29, 1.82) is 0 Å². The molecule has 0 bridgehead atoms. The van der Waals surface area contributed by atoms with E-state index in [0.29, 0.717) is 0 Å². The molecule has 1 aliphatic rings. The molecular formula is C15H23N3O2. The number of alkyl carbamates (subject to hydrolysis) is 1. The summed E-state index contributed by atoms with van der Waals surface area (Å²) in [5.41, 5.74) is 7.14. The van der Waals surface area contributed by atoms with Crippen LogP contribution >= 0.6 is 0 Å². The van der Waals surface area contributed by atoms with E-state index in [1.54, 1.807) is 0 Å². The molecule has 1 fully saturated rings. The van der Waals surface area contributed by atoms with Crippen molar-refractivity contribution in [3.8, 4) is 0 Å². The van der Waals surface area contributed by atoms with Crippen LogP contribution in [0, 0.1) is 0 Å². The average Bonchev–Trinajstić information content (AvgIpc) is 2.75. The van der Waals surface area contributed by atoms with Gasteiger partial charge in [0.15, 0.2) is 0 Å². The van der Waals surface area contributed by atoms with Gasteiger partial charge in [0.1, 0.15) is 5.60 Å². The first kappa shape index (κ1) is 14.7. The number of hydrogen-bond acceptors (Lipinski definition) is 4. The summed E-state index contributed by atoms with van der Waals surface area (Å²) in [6.45, 7) is 7.16. The van der Waals surface area contributed by atoms with E-state index in [1.807, 2.05) is 45.0 Å². The van der Waals surface area contributed by atoms with E-state index in [1.165, 1.54) is 5.56 Å². The number of ether oxygens (including phenoxy) is 1. The Labute approximate surface area is 119 Å². The highest BCUT2D eigenvalue weighted by atomic mass is 16.6. The van der Waals surface area contributed by atoms with Crippen LogP contribution in [0.15, 0.2) is 24.3 Å². The first-order valence-electron chi connectivity index (χ1n) is 6.91. The molecule has 1 heterocycles. The van der Waals surface area contributed by atoms with Crippen molar-refractivity contribution in [2.75, 3.05) is 18.8 Å². The molecule has 2 rings (SSSR count). The lowest BCUT2D eigenvalue weighted by Crippen LogP contribution is -2.42. The Morgan fingerprint density at radius 3 is 2.55 bits per heavy atom. The first-order valence-corrected chi connectivity index (χ1v) is 6.91. The van der Waals surface area contributed by atoms with E-state index in [-0.39, 0.29) is 18.1 Å². The fourth-order valence-corrected chi connectivity index (χ4v) is 2.38. The molecule has 0 saturated carbocycles. The van der Waals surface area contributed by atoms with E-state index in [0.717, 1.165) is 18.8 Å². The number of anilines is 1. The maximum atomic E-state index is 11.9. The molecule has 1 amide bonds. The number of carbonyl (C=O) groups is 1. The normalized spacial score (nSPS) is 22.6. The molecule has 1 aromatic rings. The summed E-state index contributed by atoms with van der Waals surface area (Å²) in [7, 11) is 0. The predicted molar refractivity (Wildman–Crippen MR) is 79.6 cm³/mol. The fraction of sp³-hybridized carbons (Fsp3) is 0.533. The monoisotopic (exact) mass is 277 g/mol. The third kappa shape index (κ3) is 3.87. The summed E-state index contributed by atoms with van der Waals surface area (Å²) in [5, 5.41) is 6.25. The van der Waals surface area contributed by atoms with Crippen molar-refractivity contribution < 1.29 is 9.53 Å². The molecule has 4 N–H and O–H groups in total. The highest BCUT2D eigenvalue weighted by Gasteiger charge is 2.30. The van der Waals surface area contributed by atoms with Crippen LogP contribution in [0.25, 0.3) is 0 Å². The summed E-state index contributed by atoms with van der Waals surface area (Å²) in [6.07, 6.45) is -0.369. The molecule has 110 valence electrons. The molecule has 0 unspecified atom stereocenters. The van der Waals surface area contributed by atoms with E-state index >= 15 is 0 Å². The zero-order valence-corrected chi connectivity index (χ0v) is 12.3. The summed E-state index contributed by atoms with van der Waals surface area (Å²) in [4.78, 5) is 11.9. The van der Waals surface area contributed by atoms with Crippen LogP contribution in [0.3, 0.4) is 0 Å². The second-order valence-electron chi connectivity index (χ2n) is 6.18. The van der Waals surface area contributed by atoms with Crippen LogP contribution in [-0.4, -0.2) is 30.8 Å². The van der Waals surface area contributed by atoms with Gasteiger partial charge in [-0.3, -0.25) is 0 Å². The molecule has 5 heteroatoms. The van der Waals surface area contributed by atoms with Crippen LogP contribution in [0.4, 0.5) is 10.5 Å². The minimum atomic E-state index is -0.479. The molecule has 2 atom stereocenters. The Morgan fingerprint density at radius 1 is 1.30 bits per heavy atom. The number of amides is 1. The third-order valence-electron chi connectivity index (χ3n) is 3.28. The zero-order chi connectivity index (χ0) is 14.8.